The van der Waals surface area contributed by atoms with Gasteiger partial charge in [-0.05, 0) is 42.3 Å². The Morgan fingerprint density at radius 1 is 0.839 bits per heavy atom. The van der Waals surface area contributed by atoms with E-state index in [1.165, 1.54) is 5.56 Å². The van der Waals surface area contributed by atoms with Crippen molar-refractivity contribution in [3.63, 3.8) is 0 Å². The molecule has 0 aliphatic rings. The Morgan fingerprint density at radius 3 is 2.23 bits per heavy atom. The molecule has 0 amide bonds. The summed E-state index contributed by atoms with van der Waals surface area (Å²) in [4.78, 5) is 9.37. The van der Waals surface area contributed by atoms with Crippen molar-refractivity contribution in [3.8, 4) is 16.8 Å². The molecule has 2 heterocycles. The van der Waals surface area contributed by atoms with Gasteiger partial charge in [-0.1, -0.05) is 84.0 Å². The predicted octanol–water partition coefficient (Wildman–Crippen LogP) is 7.59. The second kappa shape index (κ2) is 8.58. The first-order valence-electron chi connectivity index (χ1n) is 10.1. The second-order valence-electron chi connectivity index (χ2n) is 7.30. The van der Waals surface area contributed by atoms with E-state index in [1.807, 2.05) is 36.4 Å². The van der Waals surface area contributed by atoms with E-state index in [4.69, 9.17) is 16.6 Å². The molecule has 31 heavy (non-hydrogen) atoms. The zero-order valence-electron chi connectivity index (χ0n) is 16.9. The summed E-state index contributed by atoms with van der Waals surface area (Å²) in [5.74, 6) is 0. The van der Waals surface area contributed by atoms with Gasteiger partial charge in [-0.2, -0.15) is 0 Å². The fourth-order valence-corrected chi connectivity index (χ4v) is 4.90. The highest BCUT2D eigenvalue weighted by Crippen LogP contribution is 2.41. The number of fused-ring (bicyclic) bond motifs is 1. The van der Waals surface area contributed by atoms with E-state index >= 15 is 0 Å². The van der Waals surface area contributed by atoms with Gasteiger partial charge in [-0.15, -0.1) is 0 Å². The summed E-state index contributed by atoms with van der Waals surface area (Å²) in [6, 6.07) is 28.8. The normalized spacial score (nSPS) is 12.2. The Morgan fingerprint density at radius 2 is 1.52 bits per heavy atom. The number of benzene rings is 3. The van der Waals surface area contributed by atoms with Crippen molar-refractivity contribution in [3.05, 3.63) is 108 Å². The molecule has 0 aliphatic carbocycles. The highest BCUT2D eigenvalue weighted by Gasteiger charge is 2.19. The number of thioether (sulfide) groups is 1. The quantitative estimate of drug-likeness (QED) is 0.208. The van der Waals surface area contributed by atoms with Crippen LogP contribution < -0.4 is 0 Å². The molecule has 3 nitrogen and oxygen atoms in total. The number of nitrogens with zero attached hydrogens (tertiary/aromatic N) is 3. The lowest BCUT2D eigenvalue weighted by Gasteiger charge is -2.12. The summed E-state index contributed by atoms with van der Waals surface area (Å²) in [5, 5.41) is 3.03. The van der Waals surface area contributed by atoms with Crippen LogP contribution in [-0.4, -0.2) is 14.5 Å². The van der Waals surface area contributed by atoms with Crippen molar-refractivity contribution >= 4 is 34.4 Å². The number of hydrogen-bond donors (Lipinski definition) is 0. The van der Waals surface area contributed by atoms with Crippen molar-refractivity contribution in [1.82, 2.24) is 14.5 Å². The summed E-state index contributed by atoms with van der Waals surface area (Å²) in [6.07, 6.45) is 3.80. The predicted molar refractivity (Wildman–Crippen MR) is 130 cm³/mol. The maximum absolute atomic E-state index is 6.12. The lowest BCUT2D eigenvalue weighted by atomic mass is 10.1. The number of hydrogen-bond acceptors (Lipinski definition) is 3. The van der Waals surface area contributed by atoms with Crippen LogP contribution in [0.2, 0.25) is 5.02 Å². The monoisotopic (exact) mass is 441 g/mol. The molecule has 0 saturated carbocycles. The van der Waals surface area contributed by atoms with Gasteiger partial charge in [-0.25, -0.2) is 9.97 Å². The largest absolute Gasteiger partial charge is 0.301 e. The van der Waals surface area contributed by atoms with Crippen LogP contribution in [0, 0.1) is 0 Å². The highest BCUT2D eigenvalue weighted by atomic mass is 35.5. The van der Waals surface area contributed by atoms with Gasteiger partial charge in [-0.3, -0.25) is 0 Å². The number of aromatic nitrogens is 3. The molecule has 0 saturated heterocycles. The Hall–Kier alpha value is -3.08. The standard InChI is InChI=1S/C26H20ClN3S/c1-18(19-8-4-2-5-9-19)31-26-24-23(20-10-6-3-7-11-20)16-30(25(24)28-17-29-26)22-14-12-21(27)13-15-22/h2-18H,1H3/t18-/m1/s1. The molecule has 0 aliphatic heterocycles. The third kappa shape index (κ3) is 3.97. The molecule has 0 bridgehead atoms. The first-order chi connectivity index (χ1) is 15.2. The van der Waals surface area contributed by atoms with Gasteiger partial charge in [0.1, 0.15) is 17.0 Å². The van der Waals surface area contributed by atoms with E-state index in [0.717, 1.165) is 32.9 Å². The third-order valence-electron chi connectivity index (χ3n) is 5.30. The Bertz CT molecular complexity index is 1320. The average Bonchev–Trinajstić information content (AvgIpc) is 3.21. The second-order valence-corrected chi connectivity index (χ2v) is 9.07. The number of halogens is 1. The minimum absolute atomic E-state index is 0.266. The van der Waals surface area contributed by atoms with Gasteiger partial charge in [0, 0.05) is 27.7 Å². The summed E-state index contributed by atoms with van der Waals surface area (Å²) in [7, 11) is 0. The van der Waals surface area contributed by atoms with Gasteiger partial charge in [0.05, 0.1) is 5.39 Å². The smallest absolute Gasteiger partial charge is 0.149 e. The molecular formula is C26H20ClN3S. The number of rotatable bonds is 5. The van der Waals surface area contributed by atoms with Crippen molar-refractivity contribution in [2.75, 3.05) is 0 Å². The van der Waals surface area contributed by atoms with Crippen LogP contribution >= 0.6 is 23.4 Å². The molecule has 2 aromatic heterocycles. The molecule has 0 fully saturated rings. The Labute approximate surface area is 190 Å². The SMILES string of the molecule is C[C@@H](Sc1ncnc2c1c(-c1ccccc1)cn2-c1ccc(Cl)cc1)c1ccccc1. The highest BCUT2D eigenvalue weighted by molar-refractivity contribution is 7.99. The van der Waals surface area contributed by atoms with E-state index in [0.29, 0.717) is 5.02 Å². The van der Waals surface area contributed by atoms with Gasteiger partial charge in [0.15, 0.2) is 0 Å². The molecule has 0 radical (unpaired) electrons. The molecule has 0 N–H and O–H groups in total. The minimum atomic E-state index is 0.266. The molecule has 5 aromatic rings. The third-order valence-corrected chi connectivity index (χ3v) is 6.71. The molecule has 5 heteroatoms. The lowest BCUT2D eigenvalue weighted by molar-refractivity contribution is 1.03. The maximum atomic E-state index is 6.12. The van der Waals surface area contributed by atoms with E-state index in [9.17, 15) is 0 Å². The molecule has 1 atom stereocenters. The van der Waals surface area contributed by atoms with Gasteiger partial charge in [0.2, 0.25) is 0 Å². The van der Waals surface area contributed by atoms with Crippen LogP contribution in [0.15, 0.2) is 102 Å². The topological polar surface area (TPSA) is 30.7 Å². The van der Waals surface area contributed by atoms with Crippen LogP contribution in [0.25, 0.3) is 27.8 Å². The van der Waals surface area contributed by atoms with Crippen molar-refractivity contribution in [2.45, 2.75) is 17.2 Å². The molecule has 0 unspecified atom stereocenters. The zero-order valence-corrected chi connectivity index (χ0v) is 18.5. The van der Waals surface area contributed by atoms with Crippen molar-refractivity contribution < 1.29 is 0 Å². The van der Waals surface area contributed by atoms with Crippen LogP contribution in [0.5, 0.6) is 0 Å². The molecular weight excluding hydrogens is 422 g/mol. The van der Waals surface area contributed by atoms with Crippen LogP contribution in [0.4, 0.5) is 0 Å². The average molecular weight is 442 g/mol. The van der Waals surface area contributed by atoms with E-state index in [1.54, 1.807) is 18.1 Å². The Kier molecular flexibility index (Phi) is 5.49. The van der Waals surface area contributed by atoms with Gasteiger partial charge >= 0.3 is 0 Å². The van der Waals surface area contributed by atoms with Crippen molar-refractivity contribution in [1.29, 1.82) is 0 Å². The fourth-order valence-electron chi connectivity index (χ4n) is 3.72. The van der Waals surface area contributed by atoms with Crippen LogP contribution in [0.3, 0.4) is 0 Å². The van der Waals surface area contributed by atoms with Gasteiger partial charge < -0.3 is 4.57 Å². The maximum Gasteiger partial charge on any atom is 0.149 e. The molecule has 3 aromatic carbocycles. The summed E-state index contributed by atoms with van der Waals surface area (Å²) in [5.41, 5.74) is 5.44. The summed E-state index contributed by atoms with van der Waals surface area (Å²) < 4.78 is 2.12. The summed E-state index contributed by atoms with van der Waals surface area (Å²) >= 11 is 7.88. The lowest BCUT2D eigenvalue weighted by Crippen LogP contribution is -1.95. The van der Waals surface area contributed by atoms with Crippen LogP contribution in [-0.2, 0) is 0 Å². The van der Waals surface area contributed by atoms with Crippen molar-refractivity contribution in [2.24, 2.45) is 0 Å². The molecule has 5 rings (SSSR count). The van der Waals surface area contributed by atoms with Gasteiger partial charge in [0.25, 0.3) is 0 Å². The summed E-state index contributed by atoms with van der Waals surface area (Å²) in [6.45, 7) is 2.21. The first-order valence-corrected chi connectivity index (χ1v) is 11.4. The minimum Gasteiger partial charge on any atom is -0.301 e. The van der Waals surface area contributed by atoms with Crippen LogP contribution in [0.1, 0.15) is 17.7 Å². The molecule has 0 spiro atoms. The van der Waals surface area contributed by atoms with E-state index < -0.39 is 0 Å². The van der Waals surface area contributed by atoms with E-state index in [-0.39, 0.29) is 5.25 Å². The van der Waals surface area contributed by atoms with E-state index in [2.05, 4.69) is 71.2 Å². The first kappa shape index (κ1) is 19.9. The Balaban J connectivity index is 1.69. The fraction of sp³-hybridized carbons (Fsp3) is 0.0769. The molecule has 152 valence electrons. The zero-order chi connectivity index (χ0) is 21.2.